The van der Waals surface area contributed by atoms with Gasteiger partial charge in [-0.1, -0.05) is 28.1 Å². The molecule has 0 atom stereocenters. The second kappa shape index (κ2) is 3.56. The standard InChI is InChI=1S/C13H11BrN2S/c14-10-3-1-2-8-9(10)6-11-12(8)16-13(17-11)15-7-4-5-7/h1-3,7H,4-6H2,(H,15,16). The summed E-state index contributed by atoms with van der Waals surface area (Å²) in [6.07, 6.45) is 3.62. The summed E-state index contributed by atoms with van der Waals surface area (Å²) >= 11 is 5.43. The first-order valence-electron chi connectivity index (χ1n) is 5.85. The Morgan fingerprint density at radius 2 is 2.24 bits per heavy atom. The highest BCUT2D eigenvalue weighted by Crippen LogP contribution is 2.44. The number of thiazole rings is 1. The van der Waals surface area contributed by atoms with E-state index in [1.165, 1.54) is 39.0 Å². The van der Waals surface area contributed by atoms with Crippen LogP contribution in [-0.4, -0.2) is 11.0 Å². The largest absolute Gasteiger partial charge is 0.359 e. The molecule has 1 aromatic heterocycles. The SMILES string of the molecule is Brc1cccc2c1Cc1sc(NC3CC3)nc1-2. The van der Waals surface area contributed by atoms with Gasteiger partial charge in [-0.05, 0) is 24.5 Å². The van der Waals surface area contributed by atoms with Gasteiger partial charge >= 0.3 is 0 Å². The molecule has 1 heterocycles. The van der Waals surface area contributed by atoms with E-state index in [0.717, 1.165) is 11.6 Å². The summed E-state index contributed by atoms with van der Waals surface area (Å²) in [7, 11) is 0. The monoisotopic (exact) mass is 306 g/mol. The molecule has 0 spiro atoms. The Hall–Kier alpha value is -0.870. The predicted octanol–water partition coefficient (Wildman–Crippen LogP) is 4.05. The van der Waals surface area contributed by atoms with Gasteiger partial charge in [0.1, 0.15) is 0 Å². The minimum absolute atomic E-state index is 0.684. The lowest BCUT2D eigenvalue weighted by Crippen LogP contribution is -1.99. The van der Waals surface area contributed by atoms with Gasteiger partial charge in [0.05, 0.1) is 5.69 Å². The van der Waals surface area contributed by atoms with E-state index in [2.05, 4.69) is 39.4 Å². The predicted molar refractivity (Wildman–Crippen MR) is 74.7 cm³/mol. The summed E-state index contributed by atoms with van der Waals surface area (Å²) in [4.78, 5) is 6.14. The van der Waals surface area contributed by atoms with Crippen LogP contribution in [0.2, 0.25) is 0 Å². The molecule has 17 heavy (non-hydrogen) atoms. The van der Waals surface area contributed by atoms with Crippen LogP contribution in [0, 0.1) is 0 Å². The Morgan fingerprint density at radius 3 is 3.06 bits per heavy atom. The first-order valence-corrected chi connectivity index (χ1v) is 7.46. The van der Waals surface area contributed by atoms with Crippen LogP contribution in [-0.2, 0) is 6.42 Å². The summed E-state index contributed by atoms with van der Waals surface area (Å²) in [6.45, 7) is 0. The van der Waals surface area contributed by atoms with Gasteiger partial charge in [-0.3, -0.25) is 0 Å². The molecule has 0 saturated heterocycles. The highest BCUT2D eigenvalue weighted by atomic mass is 79.9. The van der Waals surface area contributed by atoms with Gasteiger partial charge < -0.3 is 5.32 Å². The van der Waals surface area contributed by atoms with Crippen molar-refractivity contribution >= 4 is 32.4 Å². The van der Waals surface area contributed by atoms with Crippen molar-refractivity contribution in [3.63, 3.8) is 0 Å². The lowest BCUT2D eigenvalue weighted by Gasteiger charge is -2.02. The van der Waals surface area contributed by atoms with Crippen molar-refractivity contribution in [2.24, 2.45) is 0 Å². The summed E-state index contributed by atoms with van der Waals surface area (Å²) in [5.74, 6) is 0. The van der Waals surface area contributed by atoms with Gasteiger partial charge in [0, 0.05) is 27.4 Å². The van der Waals surface area contributed by atoms with E-state index in [1.54, 1.807) is 0 Å². The Balaban J connectivity index is 1.77. The number of nitrogens with zero attached hydrogens (tertiary/aromatic N) is 1. The van der Waals surface area contributed by atoms with E-state index < -0.39 is 0 Å². The molecule has 0 radical (unpaired) electrons. The summed E-state index contributed by atoms with van der Waals surface area (Å²) in [5, 5.41) is 4.59. The zero-order chi connectivity index (χ0) is 11.4. The number of halogens is 1. The minimum Gasteiger partial charge on any atom is -0.359 e. The third-order valence-corrected chi connectivity index (χ3v) is 5.04. The van der Waals surface area contributed by atoms with Crippen molar-refractivity contribution < 1.29 is 0 Å². The molecule has 2 aliphatic rings. The quantitative estimate of drug-likeness (QED) is 0.772. The van der Waals surface area contributed by atoms with Gasteiger partial charge in [-0.25, -0.2) is 4.98 Å². The van der Waals surface area contributed by atoms with Gasteiger partial charge in [-0.2, -0.15) is 0 Å². The molecular weight excluding hydrogens is 296 g/mol. The number of anilines is 1. The van der Waals surface area contributed by atoms with Gasteiger partial charge in [0.25, 0.3) is 0 Å². The fourth-order valence-electron chi connectivity index (χ4n) is 2.27. The van der Waals surface area contributed by atoms with Crippen molar-refractivity contribution in [3.8, 4) is 11.3 Å². The van der Waals surface area contributed by atoms with E-state index in [4.69, 9.17) is 4.98 Å². The molecule has 1 saturated carbocycles. The second-order valence-corrected chi connectivity index (χ2v) is 6.59. The molecule has 0 unspecified atom stereocenters. The molecule has 1 aromatic carbocycles. The van der Waals surface area contributed by atoms with Crippen LogP contribution in [0.4, 0.5) is 5.13 Å². The summed E-state index contributed by atoms with van der Waals surface area (Å²) in [6, 6.07) is 7.06. The zero-order valence-electron chi connectivity index (χ0n) is 9.16. The fourth-order valence-corrected chi connectivity index (χ4v) is 3.84. The molecule has 0 amide bonds. The maximum Gasteiger partial charge on any atom is 0.183 e. The van der Waals surface area contributed by atoms with E-state index in [0.29, 0.717) is 6.04 Å². The van der Waals surface area contributed by atoms with Gasteiger partial charge in [0.15, 0.2) is 5.13 Å². The number of benzene rings is 1. The van der Waals surface area contributed by atoms with E-state index in [-0.39, 0.29) is 0 Å². The Bertz CT molecular complexity index is 601. The molecular formula is C13H11BrN2S. The number of hydrogen-bond donors (Lipinski definition) is 1. The number of fused-ring (bicyclic) bond motifs is 3. The smallest absolute Gasteiger partial charge is 0.183 e. The maximum atomic E-state index is 4.74. The van der Waals surface area contributed by atoms with Crippen LogP contribution in [0.25, 0.3) is 11.3 Å². The molecule has 1 N–H and O–H groups in total. The Kier molecular flexibility index (Phi) is 2.11. The molecule has 4 heteroatoms. The van der Waals surface area contributed by atoms with Gasteiger partial charge in [-0.15, -0.1) is 11.3 Å². The molecule has 2 aliphatic carbocycles. The summed E-state index contributed by atoms with van der Waals surface area (Å²) < 4.78 is 1.21. The van der Waals surface area contributed by atoms with Crippen LogP contribution in [0.15, 0.2) is 22.7 Å². The third kappa shape index (κ3) is 1.62. The number of nitrogens with one attached hydrogen (secondary N) is 1. The van der Waals surface area contributed by atoms with Crippen LogP contribution in [0.3, 0.4) is 0 Å². The number of aromatic nitrogens is 1. The Labute approximate surface area is 112 Å². The number of hydrogen-bond acceptors (Lipinski definition) is 3. The molecule has 1 fully saturated rings. The normalized spacial score (nSPS) is 16.8. The van der Waals surface area contributed by atoms with Crippen molar-refractivity contribution in [2.75, 3.05) is 5.32 Å². The number of rotatable bonds is 2. The molecule has 2 aromatic rings. The molecule has 0 aliphatic heterocycles. The average molecular weight is 307 g/mol. The Morgan fingerprint density at radius 1 is 1.35 bits per heavy atom. The van der Waals surface area contributed by atoms with Crippen molar-refractivity contribution in [1.29, 1.82) is 0 Å². The lowest BCUT2D eigenvalue weighted by molar-refractivity contribution is 1.14. The first-order chi connectivity index (χ1) is 8.31. The van der Waals surface area contributed by atoms with Crippen LogP contribution >= 0.6 is 27.3 Å². The fraction of sp³-hybridized carbons (Fsp3) is 0.308. The highest BCUT2D eigenvalue weighted by molar-refractivity contribution is 9.10. The van der Waals surface area contributed by atoms with E-state index >= 15 is 0 Å². The van der Waals surface area contributed by atoms with Crippen molar-refractivity contribution in [3.05, 3.63) is 33.1 Å². The molecule has 4 rings (SSSR count). The first kappa shape index (κ1) is 10.1. The minimum atomic E-state index is 0.684. The maximum absolute atomic E-state index is 4.74. The van der Waals surface area contributed by atoms with Crippen molar-refractivity contribution in [1.82, 2.24) is 4.98 Å². The molecule has 2 nitrogen and oxygen atoms in total. The van der Waals surface area contributed by atoms with Crippen molar-refractivity contribution in [2.45, 2.75) is 25.3 Å². The van der Waals surface area contributed by atoms with Crippen LogP contribution in [0.1, 0.15) is 23.3 Å². The topological polar surface area (TPSA) is 24.9 Å². The second-order valence-electron chi connectivity index (χ2n) is 4.65. The average Bonchev–Trinajstić information content (AvgIpc) is 2.91. The van der Waals surface area contributed by atoms with Crippen LogP contribution < -0.4 is 5.32 Å². The lowest BCUT2D eigenvalue weighted by atomic mass is 10.1. The molecule has 86 valence electrons. The van der Waals surface area contributed by atoms with Crippen LogP contribution in [0.5, 0.6) is 0 Å². The van der Waals surface area contributed by atoms with Gasteiger partial charge in [0.2, 0.25) is 0 Å². The summed E-state index contributed by atoms with van der Waals surface area (Å²) in [5.41, 5.74) is 3.88. The van der Waals surface area contributed by atoms with E-state index in [1.807, 2.05) is 11.3 Å². The van der Waals surface area contributed by atoms with E-state index in [9.17, 15) is 0 Å². The highest BCUT2D eigenvalue weighted by Gasteiger charge is 2.27. The third-order valence-electron chi connectivity index (χ3n) is 3.31. The zero-order valence-corrected chi connectivity index (χ0v) is 11.6. The molecule has 0 bridgehead atoms.